The molecule has 2 aliphatic rings. The van der Waals surface area contributed by atoms with Gasteiger partial charge in [-0.25, -0.2) is 0 Å². The summed E-state index contributed by atoms with van der Waals surface area (Å²) in [4.78, 5) is 24.9. The number of nitrogens with zero attached hydrogens (tertiary/aromatic N) is 1. The number of amides is 2. The molecule has 2 amide bonds. The number of nitrogens with one attached hydrogen (secondary N) is 1. The maximum absolute atomic E-state index is 11.8. The van der Waals surface area contributed by atoms with Crippen LogP contribution < -0.4 is 5.32 Å². The molecule has 1 aromatic heterocycles. The van der Waals surface area contributed by atoms with E-state index in [0.29, 0.717) is 19.0 Å². The molecule has 1 saturated carbocycles. The van der Waals surface area contributed by atoms with Crippen LogP contribution in [0.25, 0.3) is 0 Å². The molecule has 2 fully saturated rings. The fraction of sp³-hybridized carbons (Fsp3) is 0.538. The molecule has 0 unspecified atom stereocenters. The summed E-state index contributed by atoms with van der Waals surface area (Å²) in [5.41, 5.74) is -0.680. The Balaban J connectivity index is 1.44. The molecular weight excluding hydrogens is 248 g/mol. The molecule has 2 heterocycles. The van der Waals surface area contributed by atoms with Crippen LogP contribution in [-0.4, -0.2) is 47.1 Å². The average molecular weight is 264 g/mol. The standard InChI is InChI=1S/C13H16N2O4/c16-11(6-14-12(17)10-2-1-5-19-10)15-7-13(18,8-15)9-3-4-9/h1-2,5,9,18H,3-4,6-8H2,(H,14,17). The van der Waals surface area contributed by atoms with E-state index >= 15 is 0 Å². The number of rotatable bonds is 4. The minimum atomic E-state index is -0.680. The molecule has 1 saturated heterocycles. The summed E-state index contributed by atoms with van der Waals surface area (Å²) in [6.45, 7) is 0.695. The Bertz CT molecular complexity index is 487. The zero-order valence-electron chi connectivity index (χ0n) is 10.5. The van der Waals surface area contributed by atoms with E-state index in [4.69, 9.17) is 4.42 Å². The van der Waals surface area contributed by atoms with Crippen LogP contribution in [0.5, 0.6) is 0 Å². The summed E-state index contributed by atoms with van der Waals surface area (Å²) >= 11 is 0. The lowest BCUT2D eigenvalue weighted by Crippen LogP contribution is -2.65. The van der Waals surface area contributed by atoms with Gasteiger partial charge in [0.05, 0.1) is 25.9 Å². The van der Waals surface area contributed by atoms with Gasteiger partial charge in [-0.15, -0.1) is 0 Å². The highest BCUT2D eigenvalue weighted by atomic mass is 16.3. The molecule has 19 heavy (non-hydrogen) atoms. The Morgan fingerprint density at radius 1 is 1.47 bits per heavy atom. The number of hydrogen-bond donors (Lipinski definition) is 2. The lowest BCUT2D eigenvalue weighted by Gasteiger charge is -2.47. The minimum Gasteiger partial charge on any atom is -0.459 e. The van der Waals surface area contributed by atoms with Gasteiger partial charge in [-0.05, 0) is 30.9 Å². The van der Waals surface area contributed by atoms with Crippen LogP contribution in [0.3, 0.4) is 0 Å². The summed E-state index contributed by atoms with van der Waals surface area (Å²) in [5.74, 6) is -0.0401. The molecule has 2 N–H and O–H groups in total. The molecule has 3 rings (SSSR count). The van der Waals surface area contributed by atoms with E-state index < -0.39 is 11.5 Å². The third-order valence-corrected chi connectivity index (χ3v) is 3.76. The quantitative estimate of drug-likeness (QED) is 0.801. The van der Waals surface area contributed by atoms with Gasteiger partial charge in [0.1, 0.15) is 5.60 Å². The summed E-state index contributed by atoms with van der Waals surface area (Å²) in [6, 6.07) is 3.15. The van der Waals surface area contributed by atoms with E-state index in [9.17, 15) is 14.7 Å². The van der Waals surface area contributed by atoms with Gasteiger partial charge in [-0.2, -0.15) is 0 Å². The number of likely N-dealkylation sites (tertiary alicyclic amines) is 1. The van der Waals surface area contributed by atoms with Crippen molar-refractivity contribution in [2.24, 2.45) is 5.92 Å². The van der Waals surface area contributed by atoms with Crippen LogP contribution in [0.15, 0.2) is 22.8 Å². The first-order valence-electron chi connectivity index (χ1n) is 6.40. The second-order valence-electron chi connectivity index (χ2n) is 5.29. The normalized spacial score (nSPS) is 20.8. The van der Waals surface area contributed by atoms with Crippen LogP contribution in [0.2, 0.25) is 0 Å². The molecule has 1 aromatic rings. The van der Waals surface area contributed by atoms with Crippen LogP contribution in [0.1, 0.15) is 23.4 Å². The molecule has 1 aliphatic carbocycles. The Morgan fingerprint density at radius 3 is 2.79 bits per heavy atom. The van der Waals surface area contributed by atoms with Gasteiger partial charge in [-0.1, -0.05) is 0 Å². The van der Waals surface area contributed by atoms with Crippen LogP contribution in [0, 0.1) is 5.92 Å². The number of carbonyl (C=O) groups is 2. The second kappa shape index (κ2) is 4.38. The Labute approximate surface area is 110 Å². The zero-order chi connectivity index (χ0) is 13.5. The number of furan rings is 1. The number of β-amino-alcohol motifs (C(OH)–C–C–N with tert-alkyl or cyclic N) is 1. The van der Waals surface area contributed by atoms with Crippen LogP contribution >= 0.6 is 0 Å². The van der Waals surface area contributed by atoms with E-state index in [1.54, 1.807) is 11.0 Å². The van der Waals surface area contributed by atoms with Crippen LogP contribution in [-0.2, 0) is 4.79 Å². The molecule has 0 atom stereocenters. The highest BCUT2D eigenvalue weighted by Crippen LogP contribution is 2.44. The van der Waals surface area contributed by atoms with E-state index in [-0.39, 0.29) is 18.2 Å². The zero-order valence-corrected chi connectivity index (χ0v) is 10.5. The Kier molecular flexibility index (Phi) is 2.82. The SMILES string of the molecule is O=C(NCC(=O)N1CC(O)(C2CC2)C1)c1ccco1. The van der Waals surface area contributed by atoms with Crippen molar-refractivity contribution in [3.8, 4) is 0 Å². The third-order valence-electron chi connectivity index (χ3n) is 3.76. The summed E-state index contributed by atoms with van der Waals surface area (Å²) in [5, 5.41) is 12.6. The van der Waals surface area contributed by atoms with Gasteiger partial charge in [0.15, 0.2) is 5.76 Å². The maximum atomic E-state index is 11.8. The summed E-state index contributed by atoms with van der Waals surface area (Å²) in [6.07, 6.45) is 3.50. The fourth-order valence-corrected chi connectivity index (χ4v) is 2.43. The van der Waals surface area contributed by atoms with Crippen molar-refractivity contribution in [1.82, 2.24) is 10.2 Å². The van der Waals surface area contributed by atoms with Gasteiger partial charge in [0.2, 0.25) is 5.91 Å². The van der Waals surface area contributed by atoms with Gasteiger partial charge in [0.25, 0.3) is 5.91 Å². The fourth-order valence-electron chi connectivity index (χ4n) is 2.43. The number of carbonyl (C=O) groups excluding carboxylic acids is 2. The molecule has 0 aromatic carbocycles. The lowest BCUT2D eigenvalue weighted by molar-refractivity contribution is -0.158. The second-order valence-corrected chi connectivity index (χ2v) is 5.29. The molecule has 0 spiro atoms. The van der Waals surface area contributed by atoms with Crippen molar-refractivity contribution in [2.75, 3.05) is 19.6 Å². The largest absolute Gasteiger partial charge is 0.459 e. The summed E-state index contributed by atoms with van der Waals surface area (Å²) < 4.78 is 4.92. The smallest absolute Gasteiger partial charge is 0.287 e. The predicted octanol–water partition coefficient (Wildman–Crippen LogP) is -0.00730. The van der Waals surface area contributed by atoms with Crippen molar-refractivity contribution < 1.29 is 19.1 Å². The van der Waals surface area contributed by atoms with Crippen molar-refractivity contribution in [3.05, 3.63) is 24.2 Å². The van der Waals surface area contributed by atoms with Gasteiger partial charge in [0, 0.05) is 0 Å². The van der Waals surface area contributed by atoms with Crippen molar-refractivity contribution in [3.63, 3.8) is 0 Å². The molecule has 6 nitrogen and oxygen atoms in total. The monoisotopic (exact) mass is 264 g/mol. The first kappa shape index (κ1) is 12.2. The maximum Gasteiger partial charge on any atom is 0.287 e. The van der Waals surface area contributed by atoms with Gasteiger partial charge >= 0.3 is 0 Å². The molecule has 1 aliphatic heterocycles. The molecule has 0 radical (unpaired) electrons. The summed E-state index contributed by atoms with van der Waals surface area (Å²) in [7, 11) is 0. The van der Waals surface area contributed by atoms with Gasteiger partial charge in [-0.3, -0.25) is 9.59 Å². The molecule has 102 valence electrons. The topological polar surface area (TPSA) is 82.8 Å². The van der Waals surface area contributed by atoms with E-state index in [2.05, 4.69) is 5.32 Å². The Hall–Kier alpha value is -1.82. The number of hydrogen-bond acceptors (Lipinski definition) is 4. The van der Waals surface area contributed by atoms with Gasteiger partial charge < -0.3 is 19.7 Å². The van der Waals surface area contributed by atoms with Crippen molar-refractivity contribution in [2.45, 2.75) is 18.4 Å². The first-order valence-corrected chi connectivity index (χ1v) is 6.40. The van der Waals surface area contributed by atoms with E-state index in [1.807, 2.05) is 0 Å². The molecule has 0 bridgehead atoms. The Morgan fingerprint density at radius 2 is 2.21 bits per heavy atom. The minimum absolute atomic E-state index is 0.0692. The van der Waals surface area contributed by atoms with Crippen molar-refractivity contribution >= 4 is 11.8 Å². The van der Waals surface area contributed by atoms with Crippen molar-refractivity contribution in [1.29, 1.82) is 0 Å². The third kappa shape index (κ3) is 2.35. The highest BCUT2D eigenvalue weighted by molar-refractivity contribution is 5.94. The lowest BCUT2D eigenvalue weighted by atomic mass is 9.89. The first-order chi connectivity index (χ1) is 9.08. The number of aliphatic hydroxyl groups is 1. The van der Waals surface area contributed by atoms with E-state index in [1.165, 1.54) is 12.3 Å². The predicted molar refractivity (Wildman–Crippen MR) is 65.3 cm³/mol. The van der Waals surface area contributed by atoms with Crippen LogP contribution in [0.4, 0.5) is 0 Å². The molecular formula is C13H16N2O4. The van der Waals surface area contributed by atoms with E-state index in [0.717, 1.165) is 12.8 Å². The highest BCUT2D eigenvalue weighted by Gasteiger charge is 2.53. The molecule has 6 heteroatoms. The average Bonchev–Trinajstić information content (AvgIpc) is 3.07.